The van der Waals surface area contributed by atoms with Crippen molar-refractivity contribution in [2.75, 3.05) is 18.2 Å². The molecule has 1 heterocycles. The number of benzene rings is 2. The van der Waals surface area contributed by atoms with Crippen LogP contribution in [0.1, 0.15) is 26.3 Å². The third-order valence-corrected chi connectivity index (χ3v) is 7.14. The highest BCUT2D eigenvalue weighted by atomic mass is 79.9. The molecule has 30 heavy (non-hydrogen) atoms. The van der Waals surface area contributed by atoms with Crippen molar-refractivity contribution in [3.05, 3.63) is 54.4 Å². The Morgan fingerprint density at radius 3 is 2.40 bits per heavy atom. The van der Waals surface area contributed by atoms with Crippen LogP contribution < -0.4 is 14.5 Å². The van der Waals surface area contributed by atoms with Gasteiger partial charge in [0.05, 0.1) is 44.7 Å². The van der Waals surface area contributed by atoms with Crippen molar-refractivity contribution in [1.82, 2.24) is 0 Å². The lowest BCUT2D eigenvalue weighted by molar-refractivity contribution is -0.114. The molecule has 158 valence electrons. The van der Waals surface area contributed by atoms with E-state index in [0.29, 0.717) is 56.2 Å². The second-order valence-electron chi connectivity index (χ2n) is 6.25. The molecule has 1 aliphatic heterocycles. The Morgan fingerprint density at radius 1 is 1.07 bits per heavy atom. The molecule has 0 aromatic heterocycles. The molecule has 5 nitrogen and oxygen atoms in total. The lowest BCUT2D eigenvalue weighted by atomic mass is 10.1. The van der Waals surface area contributed by atoms with Crippen molar-refractivity contribution in [2.24, 2.45) is 5.10 Å². The molecule has 0 aliphatic carbocycles. The molecule has 1 amide bonds. The minimum Gasteiger partial charge on any atom is -0.490 e. The Bertz CT molecular complexity index is 1070. The smallest absolute Gasteiger partial charge is 0.280 e. The number of hydrogen-bond donors (Lipinski definition) is 0. The Labute approximate surface area is 201 Å². The molecule has 0 atom stereocenters. The highest BCUT2D eigenvalue weighted by Crippen LogP contribution is 2.44. The maximum atomic E-state index is 13.1. The lowest BCUT2D eigenvalue weighted by Gasteiger charge is -2.16. The fourth-order valence-corrected chi connectivity index (χ4v) is 4.12. The van der Waals surface area contributed by atoms with Crippen LogP contribution in [0.2, 0.25) is 10.0 Å². The van der Waals surface area contributed by atoms with Gasteiger partial charge < -0.3 is 9.47 Å². The van der Waals surface area contributed by atoms with Gasteiger partial charge in [-0.3, -0.25) is 4.79 Å². The van der Waals surface area contributed by atoms with Crippen LogP contribution in [0.3, 0.4) is 0 Å². The van der Waals surface area contributed by atoms with Crippen LogP contribution in [0.4, 0.5) is 5.69 Å². The molecule has 0 radical (unpaired) electrons. The number of halogens is 4. The van der Waals surface area contributed by atoms with E-state index in [2.05, 4.69) is 37.0 Å². The molecular weight excluding hydrogens is 559 g/mol. The van der Waals surface area contributed by atoms with E-state index in [9.17, 15) is 4.79 Å². The molecule has 0 fully saturated rings. The Hall–Kier alpha value is -1.54. The first-order chi connectivity index (χ1) is 14.3. The predicted molar refractivity (Wildman–Crippen MR) is 129 cm³/mol. The first kappa shape index (κ1) is 23.1. The van der Waals surface area contributed by atoms with E-state index in [-0.39, 0.29) is 5.91 Å². The number of amides is 1. The van der Waals surface area contributed by atoms with Crippen LogP contribution >= 0.6 is 55.1 Å². The highest BCUT2D eigenvalue weighted by Gasteiger charge is 2.29. The summed E-state index contributed by atoms with van der Waals surface area (Å²) < 4.78 is 12.9. The summed E-state index contributed by atoms with van der Waals surface area (Å²) in [4.78, 5) is 13.1. The summed E-state index contributed by atoms with van der Waals surface area (Å²) in [6, 6.07) is 6.77. The molecule has 3 rings (SSSR count). The summed E-state index contributed by atoms with van der Waals surface area (Å²) in [5, 5.41) is 6.47. The Kier molecular flexibility index (Phi) is 7.50. The SMILES string of the molecule is CCOc1cc(/C=C2\C(=O)N(c3ccc(Cl)c(Cl)c3)N=C2C)c(Br)c(Br)c1OCC. The number of anilines is 1. The molecule has 0 N–H and O–H groups in total. The summed E-state index contributed by atoms with van der Waals surface area (Å²) in [6.07, 6.45) is 1.77. The van der Waals surface area contributed by atoms with E-state index in [0.717, 1.165) is 10.0 Å². The molecule has 1 aliphatic rings. The van der Waals surface area contributed by atoms with Gasteiger partial charge in [-0.2, -0.15) is 10.1 Å². The third-order valence-electron chi connectivity index (χ3n) is 4.25. The van der Waals surface area contributed by atoms with Gasteiger partial charge in [-0.05, 0) is 88.5 Å². The minimum absolute atomic E-state index is 0.263. The summed E-state index contributed by atoms with van der Waals surface area (Å²) in [6.45, 7) is 6.56. The average Bonchev–Trinajstić information content (AvgIpc) is 2.99. The van der Waals surface area contributed by atoms with Crippen LogP contribution in [0.25, 0.3) is 6.08 Å². The van der Waals surface area contributed by atoms with Crippen LogP contribution in [0.5, 0.6) is 11.5 Å². The number of ether oxygens (including phenoxy) is 2. The summed E-state index contributed by atoms with van der Waals surface area (Å²) in [5.41, 5.74) is 2.34. The normalized spacial score (nSPS) is 15.0. The van der Waals surface area contributed by atoms with Gasteiger partial charge in [-0.25, -0.2) is 0 Å². The van der Waals surface area contributed by atoms with Gasteiger partial charge in [0.2, 0.25) is 0 Å². The first-order valence-corrected chi connectivity index (χ1v) is 11.5. The van der Waals surface area contributed by atoms with E-state index < -0.39 is 0 Å². The topological polar surface area (TPSA) is 51.1 Å². The molecule has 0 saturated carbocycles. The number of carbonyl (C=O) groups excluding carboxylic acids is 1. The molecule has 0 bridgehead atoms. The van der Waals surface area contributed by atoms with E-state index in [1.54, 1.807) is 31.2 Å². The quantitative estimate of drug-likeness (QED) is 0.344. The van der Waals surface area contributed by atoms with E-state index in [1.165, 1.54) is 5.01 Å². The summed E-state index contributed by atoms with van der Waals surface area (Å²) in [5.74, 6) is 0.928. The number of carbonyl (C=O) groups is 1. The van der Waals surface area contributed by atoms with Crippen molar-refractivity contribution in [2.45, 2.75) is 20.8 Å². The second-order valence-corrected chi connectivity index (χ2v) is 8.65. The third kappa shape index (κ3) is 4.54. The zero-order valence-electron chi connectivity index (χ0n) is 16.4. The van der Waals surface area contributed by atoms with Gasteiger partial charge in [0, 0.05) is 4.47 Å². The standard InChI is InChI=1S/C21H18Br2Cl2N2O3/c1-4-29-17-9-12(18(22)19(23)20(17)30-5-2)8-14-11(3)26-27(21(14)28)13-6-7-15(24)16(25)10-13/h6-10H,4-5H2,1-3H3/b14-8-. The van der Waals surface area contributed by atoms with Gasteiger partial charge in [0.25, 0.3) is 5.91 Å². The molecule has 2 aromatic rings. The maximum absolute atomic E-state index is 13.1. The Morgan fingerprint density at radius 2 is 1.77 bits per heavy atom. The van der Waals surface area contributed by atoms with Crippen molar-refractivity contribution in [3.8, 4) is 11.5 Å². The van der Waals surface area contributed by atoms with Crippen LogP contribution in [0.15, 0.2) is 43.9 Å². The summed E-state index contributed by atoms with van der Waals surface area (Å²) in [7, 11) is 0. The van der Waals surface area contributed by atoms with Crippen LogP contribution in [-0.4, -0.2) is 24.8 Å². The van der Waals surface area contributed by atoms with Gasteiger partial charge in [-0.1, -0.05) is 23.2 Å². The lowest BCUT2D eigenvalue weighted by Crippen LogP contribution is -2.21. The molecular formula is C21H18Br2Cl2N2O3. The van der Waals surface area contributed by atoms with Crippen molar-refractivity contribution >= 4 is 78.4 Å². The molecule has 0 saturated heterocycles. The van der Waals surface area contributed by atoms with Gasteiger partial charge in [0.15, 0.2) is 11.5 Å². The number of hydrogen-bond acceptors (Lipinski definition) is 4. The number of nitrogens with zero attached hydrogens (tertiary/aromatic N) is 2. The first-order valence-electron chi connectivity index (χ1n) is 9.12. The van der Waals surface area contributed by atoms with E-state index in [4.69, 9.17) is 32.7 Å². The molecule has 0 spiro atoms. The monoisotopic (exact) mass is 574 g/mol. The zero-order valence-corrected chi connectivity index (χ0v) is 21.1. The fourth-order valence-electron chi connectivity index (χ4n) is 2.88. The van der Waals surface area contributed by atoms with Crippen LogP contribution in [-0.2, 0) is 4.79 Å². The minimum atomic E-state index is -0.263. The molecule has 2 aromatic carbocycles. The summed E-state index contributed by atoms with van der Waals surface area (Å²) >= 11 is 19.2. The van der Waals surface area contributed by atoms with Crippen molar-refractivity contribution in [3.63, 3.8) is 0 Å². The Balaban J connectivity index is 2.03. The van der Waals surface area contributed by atoms with Gasteiger partial charge in [-0.15, -0.1) is 0 Å². The fraction of sp³-hybridized carbons (Fsp3) is 0.238. The largest absolute Gasteiger partial charge is 0.490 e. The molecule has 9 heteroatoms. The van der Waals surface area contributed by atoms with Crippen molar-refractivity contribution < 1.29 is 14.3 Å². The zero-order chi connectivity index (χ0) is 22.0. The average molecular weight is 577 g/mol. The van der Waals surface area contributed by atoms with Gasteiger partial charge in [0.1, 0.15) is 0 Å². The van der Waals surface area contributed by atoms with E-state index >= 15 is 0 Å². The van der Waals surface area contributed by atoms with E-state index in [1.807, 2.05) is 19.9 Å². The number of hydrazone groups is 1. The van der Waals surface area contributed by atoms with Crippen LogP contribution in [0, 0.1) is 0 Å². The highest BCUT2D eigenvalue weighted by molar-refractivity contribution is 9.13. The van der Waals surface area contributed by atoms with Gasteiger partial charge >= 0.3 is 0 Å². The maximum Gasteiger partial charge on any atom is 0.280 e. The predicted octanol–water partition coefficient (Wildman–Crippen LogP) is 7.12. The van der Waals surface area contributed by atoms with Crippen molar-refractivity contribution in [1.29, 1.82) is 0 Å². The second kappa shape index (κ2) is 9.73. The number of rotatable bonds is 6. The molecule has 0 unspecified atom stereocenters.